The summed E-state index contributed by atoms with van der Waals surface area (Å²) in [4.78, 5) is 15.2. The van der Waals surface area contributed by atoms with Crippen molar-refractivity contribution < 1.29 is 14.3 Å². The number of methoxy groups -OCH3 is 1. The Morgan fingerprint density at radius 1 is 1.03 bits per heavy atom. The molecule has 1 N–H and O–H groups in total. The van der Waals surface area contributed by atoms with Crippen LogP contribution in [0, 0.1) is 5.92 Å². The van der Waals surface area contributed by atoms with Gasteiger partial charge in [-0.2, -0.15) is 0 Å². The van der Waals surface area contributed by atoms with Gasteiger partial charge in [0.1, 0.15) is 6.17 Å². The van der Waals surface area contributed by atoms with Crippen LogP contribution in [0.2, 0.25) is 5.02 Å². The maximum atomic E-state index is 13.5. The number of nitrogens with one attached hydrogen (secondary N) is 1. The second-order valence-corrected chi connectivity index (χ2v) is 8.30. The number of amides is 1. The van der Waals surface area contributed by atoms with E-state index in [4.69, 9.17) is 21.1 Å². The van der Waals surface area contributed by atoms with Crippen LogP contribution in [-0.4, -0.2) is 19.6 Å². The van der Waals surface area contributed by atoms with Gasteiger partial charge in [-0.15, -0.1) is 0 Å². The Labute approximate surface area is 187 Å². The third-order valence-electron chi connectivity index (χ3n) is 5.11. The minimum absolute atomic E-state index is 0.0826. The molecule has 0 spiro atoms. The first-order valence-electron chi connectivity index (χ1n) is 10.2. The van der Waals surface area contributed by atoms with Crippen LogP contribution in [0.4, 0.5) is 11.4 Å². The third kappa shape index (κ3) is 4.32. The van der Waals surface area contributed by atoms with E-state index in [2.05, 4.69) is 19.2 Å². The van der Waals surface area contributed by atoms with Crippen molar-refractivity contribution in [3.05, 3.63) is 82.9 Å². The van der Waals surface area contributed by atoms with Crippen molar-refractivity contribution in [1.29, 1.82) is 0 Å². The molecule has 6 heteroatoms. The van der Waals surface area contributed by atoms with Gasteiger partial charge in [-0.1, -0.05) is 43.6 Å². The molecule has 1 amide bonds. The molecule has 4 rings (SSSR count). The molecule has 0 saturated carbocycles. The van der Waals surface area contributed by atoms with Gasteiger partial charge in [0.15, 0.2) is 11.5 Å². The van der Waals surface area contributed by atoms with Gasteiger partial charge in [-0.25, -0.2) is 0 Å². The fourth-order valence-corrected chi connectivity index (χ4v) is 3.71. The first kappa shape index (κ1) is 21.1. The summed E-state index contributed by atoms with van der Waals surface area (Å²) in [6, 6.07) is 20.5. The van der Waals surface area contributed by atoms with Crippen molar-refractivity contribution >= 4 is 28.9 Å². The van der Waals surface area contributed by atoms with E-state index in [1.807, 2.05) is 54.6 Å². The van der Waals surface area contributed by atoms with E-state index in [1.165, 1.54) is 0 Å². The molecule has 0 aliphatic carbocycles. The fraction of sp³-hybridized carbons (Fsp3) is 0.240. The molecule has 1 aliphatic heterocycles. The number of rotatable bonds is 6. The van der Waals surface area contributed by atoms with Crippen LogP contribution in [0.15, 0.2) is 66.7 Å². The van der Waals surface area contributed by atoms with Crippen molar-refractivity contribution in [3.63, 3.8) is 0 Å². The van der Waals surface area contributed by atoms with Crippen LogP contribution in [0.25, 0.3) is 0 Å². The zero-order valence-electron chi connectivity index (χ0n) is 17.8. The number of hydrogen-bond donors (Lipinski definition) is 1. The predicted octanol–water partition coefficient (Wildman–Crippen LogP) is 6.15. The predicted molar refractivity (Wildman–Crippen MR) is 124 cm³/mol. The van der Waals surface area contributed by atoms with Gasteiger partial charge in [0.05, 0.1) is 19.3 Å². The highest BCUT2D eigenvalue weighted by atomic mass is 35.5. The van der Waals surface area contributed by atoms with E-state index in [1.54, 1.807) is 24.1 Å². The van der Waals surface area contributed by atoms with Gasteiger partial charge in [0.25, 0.3) is 5.91 Å². The van der Waals surface area contributed by atoms with Gasteiger partial charge >= 0.3 is 0 Å². The van der Waals surface area contributed by atoms with E-state index in [-0.39, 0.29) is 5.91 Å². The Morgan fingerprint density at radius 3 is 2.48 bits per heavy atom. The Balaban J connectivity index is 1.77. The minimum atomic E-state index is -0.420. The molecule has 3 aromatic rings. The molecular weight excluding hydrogens is 412 g/mol. The SMILES string of the molecule is COc1cc(C2Nc3ccccc3C(=O)N2c2ccc(Cl)cc2)ccc1OCC(C)C. The second-order valence-electron chi connectivity index (χ2n) is 7.86. The molecule has 1 aliphatic rings. The summed E-state index contributed by atoms with van der Waals surface area (Å²) in [7, 11) is 1.62. The lowest BCUT2D eigenvalue weighted by molar-refractivity contribution is 0.0975. The fourth-order valence-electron chi connectivity index (χ4n) is 3.58. The lowest BCUT2D eigenvalue weighted by atomic mass is 10.0. The van der Waals surface area contributed by atoms with Crippen molar-refractivity contribution in [3.8, 4) is 11.5 Å². The highest BCUT2D eigenvalue weighted by Crippen LogP contribution is 2.39. The van der Waals surface area contributed by atoms with Gasteiger partial charge in [-0.05, 0) is 60.0 Å². The Bertz CT molecular complexity index is 1080. The average Bonchev–Trinajstić information content (AvgIpc) is 2.78. The first-order chi connectivity index (χ1) is 15.0. The van der Waals surface area contributed by atoms with Crippen LogP contribution in [0.1, 0.15) is 35.9 Å². The number of carbonyl (C=O) groups is 1. The van der Waals surface area contributed by atoms with Gasteiger partial charge < -0.3 is 14.8 Å². The van der Waals surface area contributed by atoms with Crippen molar-refractivity contribution in [2.45, 2.75) is 20.0 Å². The molecule has 5 nitrogen and oxygen atoms in total. The maximum absolute atomic E-state index is 13.5. The number of para-hydroxylation sites is 1. The Hall–Kier alpha value is -3.18. The van der Waals surface area contributed by atoms with Crippen molar-refractivity contribution in [1.82, 2.24) is 0 Å². The molecule has 0 fully saturated rings. The van der Waals surface area contributed by atoms with E-state index in [0.717, 1.165) is 16.9 Å². The number of nitrogens with zero attached hydrogens (tertiary/aromatic N) is 1. The molecule has 0 radical (unpaired) electrons. The Kier molecular flexibility index (Phi) is 6.05. The van der Waals surface area contributed by atoms with Crippen LogP contribution in [0.3, 0.4) is 0 Å². The molecule has 0 saturated heterocycles. The zero-order chi connectivity index (χ0) is 22.0. The quantitative estimate of drug-likeness (QED) is 0.503. The summed E-state index contributed by atoms with van der Waals surface area (Å²) in [5.41, 5.74) is 3.05. The largest absolute Gasteiger partial charge is 0.493 e. The normalized spacial score (nSPS) is 15.5. The van der Waals surface area contributed by atoms with Crippen LogP contribution in [-0.2, 0) is 0 Å². The minimum Gasteiger partial charge on any atom is -0.493 e. The van der Waals surface area contributed by atoms with E-state index in [9.17, 15) is 4.79 Å². The lowest BCUT2D eigenvalue weighted by Crippen LogP contribution is -2.43. The second kappa shape index (κ2) is 8.90. The summed E-state index contributed by atoms with van der Waals surface area (Å²) >= 11 is 6.08. The summed E-state index contributed by atoms with van der Waals surface area (Å²) in [6.45, 7) is 4.79. The number of benzene rings is 3. The van der Waals surface area contributed by atoms with Crippen LogP contribution in [0.5, 0.6) is 11.5 Å². The number of fused-ring (bicyclic) bond motifs is 1. The number of carbonyl (C=O) groups excluding carboxylic acids is 1. The van der Waals surface area contributed by atoms with Crippen molar-refractivity contribution in [2.24, 2.45) is 5.92 Å². The number of anilines is 2. The summed E-state index contributed by atoms with van der Waals surface area (Å²) in [5, 5.41) is 4.12. The monoisotopic (exact) mass is 436 g/mol. The summed E-state index contributed by atoms with van der Waals surface area (Å²) in [5.74, 6) is 1.63. The van der Waals surface area contributed by atoms with Crippen LogP contribution >= 0.6 is 11.6 Å². The molecule has 0 aromatic heterocycles. The molecule has 1 atom stereocenters. The zero-order valence-corrected chi connectivity index (χ0v) is 18.5. The number of hydrogen-bond acceptors (Lipinski definition) is 4. The van der Waals surface area contributed by atoms with E-state index >= 15 is 0 Å². The van der Waals surface area contributed by atoms with E-state index in [0.29, 0.717) is 34.6 Å². The number of ether oxygens (including phenoxy) is 2. The molecule has 31 heavy (non-hydrogen) atoms. The highest BCUT2D eigenvalue weighted by molar-refractivity contribution is 6.30. The smallest absolute Gasteiger partial charge is 0.262 e. The molecule has 0 bridgehead atoms. The summed E-state index contributed by atoms with van der Waals surface area (Å²) < 4.78 is 11.5. The van der Waals surface area contributed by atoms with Gasteiger partial charge in [-0.3, -0.25) is 9.69 Å². The highest BCUT2D eigenvalue weighted by Gasteiger charge is 2.34. The lowest BCUT2D eigenvalue weighted by Gasteiger charge is -2.38. The van der Waals surface area contributed by atoms with E-state index < -0.39 is 6.17 Å². The summed E-state index contributed by atoms with van der Waals surface area (Å²) in [6.07, 6.45) is -0.420. The topological polar surface area (TPSA) is 50.8 Å². The third-order valence-corrected chi connectivity index (χ3v) is 5.36. The standard InChI is InChI=1S/C25H25ClN2O3/c1-16(2)15-31-22-13-8-17(14-23(22)30-3)24-27-21-7-5-4-6-20(21)25(29)28(24)19-11-9-18(26)10-12-19/h4-14,16,24,27H,15H2,1-3H3. The Morgan fingerprint density at radius 2 is 1.77 bits per heavy atom. The maximum Gasteiger partial charge on any atom is 0.262 e. The number of halogens is 1. The first-order valence-corrected chi connectivity index (χ1v) is 10.6. The molecular formula is C25H25ClN2O3. The van der Waals surface area contributed by atoms with Crippen molar-refractivity contribution in [2.75, 3.05) is 23.9 Å². The van der Waals surface area contributed by atoms with Gasteiger partial charge in [0, 0.05) is 16.4 Å². The molecule has 3 aromatic carbocycles. The van der Waals surface area contributed by atoms with Gasteiger partial charge in [0.2, 0.25) is 0 Å². The van der Waals surface area contributed by atoms with Crippen LogP contribution < -0.4 is 19.7 Å². The average molecular weight is 437 g/mol. The molecule has 1 unspecified atom stereocenters. The molecule has 160 valence electrons. The molecule has 1 heterocycles.